The van der Waals surface area contributed by atoms with Gasteiger partial charge < -0.3 is 10.5 Å². The third-order valence-electron chi connectivity index (χ3n) is 4.07. The number of piperidine rings is 1. The molecule has 1 atom stereocenters. The molecule has 20 heavy (non-hydrogen) atoms. The average molecular weight is 276 g/mol. The molecule has 0 saturated carbocycles. The number of ether oxygens (including phenoxy) is 1. The molecule has 0 aromatic heterocycles. The molecule has 0 amide bonds. The summed E-state index contributed by atoms with van der Waals surface area (Å²) in [5.74, 6) is 0.963. The Hall–Kier alpha value is -1.06. The van der Waals surface area contributed by atoms with Crippen molar-refractivity contribution in [1.82, 2.24) is 4.90 Å². The third kappa shape index (κ3) is 3.97. The van der Waals surface area contributed by atoms with Gasteiger partial charge in [-0.25, -0.2) is 0 Å². The van der Waals surface area contributed by atoms with E-state index in [2.05, 4.69) is 50.8 Å². The first kappa shape index (κ1) is 15.3. The van der Waals surface area contributed by atoms with Crippen molar-refractivity contribution in [3.8, 4) is 5.75 Å². The second kappa shape index (κ2) is 6.15. The first-order valence-corrected chi connectivity index (χ1v) is 7.60. The van der Waals surface area contributed by atoms with Crippen molar-refractivity contribution >= 4 is 0 Å². The van der Waals surface area contributed by atoms with Crippen LogP contribution >= 0.6 is 0 Å². The van der Waals surface area contributed by atoms with Crippen molar-refractivity contribution < 1.29 is 4.74 Å². The summed E-state index contributed by atoms with van der Waals surface area (Å²) in [5.41, 5.74) is 7.71. The molecular weight excluding hydrogens is 248 g/mol. The predicted octanol–water partition coefficient (Wildman–Crippen LogP) is 3.03. The molecule has 1 fully saturated rings. The molecule has 0 bridgehead atoms. The van der Waals surface area contributed by atoms with Gasteiger partial charge in [0.15, 0.2) is 0 Å². The second-order valence-corrected chi connectivity index (χ2v) is 6.91. The standard InChI is InChI=1S/C17H28N2O/c1-13(2)20-15-7-5-6-14(10-15)11-19-9-8-16(18)17(3,4)12-19/h5-7,10,13,16H,8-9,11-12,18H2,1-4H3. The lowest BCUT2D eigenvalue weighted by Crippen LogP contribution is -2.52. The minimum Gasteiger partial charge on any atom is -0.491 e. The first-order chi connectivity index (χ1) is 9.37. The van der Waals surface area contributed by atoms with Crippen molar-refractivity contribution in [3.05, 3.63) is 29.8 Å². The van der Waals surface area contributed by atoms with Crippen LogP contribution in [0.25, 0.3) is 0 Å². The number of benzene rings is 1. The topological polar surface area (TPSA) is 38.5 Å². The van der Waals surface area contributed by atoms with Crippen LogP contribution in [0.2, 0.25) is 0 Å². The molecule has 1 saturated heterocycles. The van der Waals surface area contributed by atoms with E-state index in [4.69, 9.17) is 10.5 Å². The number of hydrogen-bond acceptors (Lipinski definition) is 3. The summed E-state index contributed by atoms with van der Waals surface area (Å²) >= 11 is 0. The van der Waals surface area contributed by atoms with E-state index in [0.29, 0.717) is 6.04 Å². The fourth-order valence-corrected chi connectivity index (χ4v) is 2.87. The van der Waals surface area contributed by atoms with Gasteiger partial charge in [0.2, 0.25) is 0 Å². The summed E-state index contributed by atoms with van der Waals surface area (Å²) in [5, 5.41) is 0. The van der Waals surface area contributed by atoms with E-state index in [-0.39, 0.29) is 11.5 Å². The molecule has 1 aromatic rings. The van der Waals surface area contributed by atoms with Gasteiger partial charge in [-0.2, -0.15) is 0 Å². The molecule has 0 spiro atoms. The number of rotatable bonds is 4. The van der Waals surface area contributed by atoms with Gasteiger partial charge in [-0.15, -0.1) is 0 Å². The molecule has 2 N–H and O–H groups in total. The van der Waals surface area contributed by atoms with Gasteiger partial charge in [0.25, 0.3) is 0 Å². The van der Waals surface area contributed by atoms with Gasteiger partial charge in [-0.05, 0) is 43.4 Å². The Kier molecular flexibility index (Phi) is 4.71. The maximum Gasteiger partial charge on any atom is 0.120 e. The highest BCUT2D eigenvalue weighted by atomic mass is 16.5. The third-order valence-corrected chi connectivity index (χ3v) is 4.07. The van der Waals surface area contributed by atoms with E-state index < -0.39 is 0 Å². The van der Waals surface area contributed by atoms with E-state index in [0.717, 1.165) is 31.8 Å². The predicted molar refractivity (Wildman–Crippen MR) is 83.9 cm³/mol. The maximum atomic E-state index is 6.20. The molecule has 112 valence electrons. The molecular formula is C17H28N2O. The largest absolute Gasteiger partial charge is 0.491 e. The van der Waals surface area contributed by atoms with Gasteiger partial charge in [-0.1, -0.05) is 26.0 Å². The molecule has 1 aliphatic heterocycles. The molecule has 3 heteroatoms. The van der Waals surface area contributed by atoms with Gasteiger partial charge in [0, 0.05) is 25.7 Å². The van der Waals surface area contributed by atoms with Crippen LogP contribution < -0.4 is 10.5 Å². The van der Waals surface area contributed by atoms with Gasteiger partial charge in [0.1, 0.15) is 5.75 Å². The van der Waals surface area contributed by atoms with Crippen LogP contribution in [0.15, 0.2) is 24.3 Å². The van der Waals surface area contributed by atoms with E-state index in [9.17, 15) is 0 Å². The Bertz CT molecular complexity index is 442. The second-order valence-electron chi connectivity index (χ2n) is 6.91. The molecule has 1 heterocycles. The van der Waals surface area contributed by atoms with Crippen LogP contribution in [0.1, 0.15) is 39.7 Å². The summed E-state index contributed by atoms with van der Waals surface area (Å²) < 4.78 is 5.76. The monoisotopic (exact) mass is 276 g/mol. The van der Waals surface area contributed by atoms with Crippen LogP contribution in [-0.2, 0) is 6.54 Å². The number of nitrogens with zero attached hydrogens (tertiary/aromatic N) is 1. The van der Waals surface area contributed by atoms with Gasteiger partial charge in [0.05, 0.1) is 6.10 Å². The van der Waals surface area contributed by atoms with Crippen LogP contribution in [-0.4, -0.2) is 30.1 Å². The minimum atomic E-state index is 0.199. The Balaban J connectivity index is 2.00. The molecule has 2 rings (SSSR count). The number of likely N-dealkylation sites (tertiary alicyclic amines) is 1. The Morgan fingerprint density at radius 2 is 2.15 bits per heavy atom. The smallest absolute Gasteiger partial charge is 0.120 e. The number of nitrogens with two attached hydrogens (primary N) is 1. The van der Waals surface area contributed by atoms with E-state index in [1.54, 1.807) is 0 Å². The summed E-state index contributed by atoms with van der Waals surface area (Å²) in [6, 6.07) is 8.75. The van der Waals surface area contributed by atoms with Crippen LogP contribution in [0, 0.1) is 5.41 Å². The maximum absolute atomic E-state index is 6.20. The van der Waals surface area contributed by atoms with Crippen molar-refractivity contribution in [2.75, 3.05) is 13.1 Å². The zero-order chi connectivity index (χ0) is 14.8. The van der Waals surface area contributed by atoms with Crippen molar-refractivity contribution in [3.63, 3.8) is 0 Å². The fraction of sp³-hybridized carbons (Fsp3) is 0.647. The van der Waals surface area contributed by atoms with Crippen LogP contribution in [0.3, 0.4) is 0 Å². The first-order valence-electron chi connectivity index (χ1n) is 7.60. The Labute approximate surface area is 123 Å². The summed E-state index contributed by atoms with van der Waals surface area (Å²) in [4.78, 5) is 2.50. The molecule has 0 aliphatic carbocycles. The van der Waals surface area contributed by atoms with Crippen molar-refractivity contribution in [1.29, 1.82) is 0 Å². The summed E-state index contributed by atoms with van der Waals surface area (Å²) in [6.07, 6.45) is 1.30. The van der Waals surface area contributed by atoms with E-state index >= 15 is 0 Å². The minimum absolute atomic E-state index is 0.199. The molecule has 3 nitrogen and oxygen atoms in total. The fourth-order valence-electron chi connectivity index (χ4n) is 2.87. The average Bonchev–Trinajstić information content (AvgIpc) is 2.33. The molecule has 1 aromatic carbocycles. The Morgan fingerprint density at radius 3 is 2.80 bits per heavy atom. The van der Waals surface area contributed by atoms with Crippen molar-refractivity contribution in [2.45, 2.75) is 52.8 Å². The Morgan fingerprint density at radius 1 is 1.40 bits per heavy atom. The highest BCUT2D eigenvalue weighted by Crippen LogP contribution is 2.29. The molecule has 1 unspecified atom stereocenters. The van der Waals surface area contributed by atoms with Crippen molar-refractivity contribution in [2.24, 2.45) is 11.1 Å². The highest BCUT2D eigenvalue weighted by Gasteiger charge is 2.33. The van der Waals surface area contributed by atoms with Crippen LogP contribution in [0.4, 0.5) is 0 Å². The lowest BCUT2D eigenvalue weighted by molar-refractivity contribution is 0.0898. The molecule has 1 aliphatic rings. The zero-order valence-corrected chi connectivity index (χ0v) is 13.2. The SMILES string of the molecule is CC(C)Oc1cccc(CN2CCC(N)C(C)(C)C2)c1. The normalized spacial score (nSPS) is 23.0. The quantitative estimate of drug-likeness (QED) is 0.918. The summed E-state index contributed by atoms with van der Waals surface area (Å²) in [7, 11) is 0. The lowest BCUT2D eigenvalue weighted by Gasteiger charge is -2.42. The van der Waals surface area contributed by atoms with Gasteiger partial charge >= 0.3 is 0 Å². The lowest BCUT2D eigenvalue weighted by atomic mass is 9.79. The van der Waals surface area contributed by atoms with E-state index in [1.165, 1.54) is 5.56 Å². The summed E-state index contributed by atoms with van der Waals surface area (Å²) in [6.45, 7) is 11.8. The zero-order valence-electron chi connectivity index (χ0n) is 13.2. The number of hydrogen-bond donors (Lipinski definition) is 1. The van der Waals surface area contributed by atoms with Crippen LogP contribution in [0.5, 0.6) is 5.75 Å². The van der Waals surface area contributed by atoms with Gasteiger partial charge in [-0.3, -0.25) is 4.90 Å². The molecule has 0 radical (unpaired) electrons. The van der Waals surface area contributed by atoms with E-state index in [1.807, 2.05) is 6.07 Å². The highest BCUT2D eigenvalue weighted by molar-refractivity contribution is 5.28.